The van der Waals surface area contributed by atoms with E-state index < -0.39 is 0 Å². The molecular formula is C20H18ClN3O. The van der Waals surface area contributed by atoms with Gasteiger partial charge in [-0.3, -0.25) is 4.79 Å². The number of nitrogens with zero attached hydrogens (tertiary/aromatic N) is 3. The van der Waals surface area contributed by atoms with E-state index in [1.54, 1.807) is 4.90 Å². The Bertz CT molecular complexity index is 932. The molecule has 0 spiro atoms. The number of rotatable bonds is 2. The molecule has 126 valence electrons. The maximum atomic E-state index is 12.7. The molecule has 5 heteroatoms. The number of fused-ring (bicyclic) bond motifs is 1. The number of aromatic nitrogens is 1. The summed E-state index contributed by atoms with van der Waals surface area (Å²) < 4.78 is 2.04. The van der Waals surface area contributed by atoms with Gasteiger partial charge in [-0.15, -0.1) is 0 Å². The van der Waals surface area contributed by atoms with Crippen molar-refractivity contribution in [3.05, 3.63) is 83.1 Å². The van der Waals surface area contributed by atoms with Gasteiger partial charge in [0.1, 0.15) is 6.17 Å². The monoisotopic (exact) mass is 351 g/mol. The average Bonchev–Trinajstić information content (AvgIpc) is 3.10. The highest BCUT2D eigenvalue weighted by molar-refractivity contribution is 6.30. The Morgan fingerprint density at radius 2 is 1.64 bits per heavy atom. The quantitative estimate of drug-likeness (QED) is 0.686. The average molecular weight is 352 g/mol. The molecule has 0 saturated carbocycles. The van der Waals surface area contributed by atoms with Crippen molar-refractivity contribution in [1.29, 1.82) is 0 Å². The lowest BCUT2D eigenvalue weighted by molar-refractivity contribution is 0.0711. The van der Waals surface area contributed by atoms with Gasteiger partial charge in [-0.1, -0.05) is 23.7 Å². The number of hydrogen-bond donors (Lipinski definition) is 0. The molecule has 1 amide bonds. The number of para-hydroxylation sites is 1. The Labute approximate surface area is 151 Å². The van der Waals surface area contributed by atoms with Crippen LogP contribution in [0.4, 0.5) is 5.69 Å². The maximum absolute atomic E-state index is 12.7. The normalized spacial score (nSPS) is 16.9. The maximum Gasteiger partial charge on any atom is 0.257 e. The zero-order chi connectivity index (χ0) is 17.6. The zero-order valence-electron chi connectivity index (χ0n) is 14.1. The van der Waals surface area contributed by atoms with E-state index in [-0.39, 0.29) is 12.1 Å². The van der Waals surface area contributed by atoms with Crippen molar-refractivity contribution in [2.45, 2.75) is 6.17 Å². The van der Waals surface area contributed by atoms with Crippen LogP contribution in [-0.2, 0) is 0 Å². The minimum Gasteiger partial charge on any atom is -0.350 e. The van der Waals surface area contributed by atoms with E-state index in [4.69, 9.17) is 11.6 Å². The van der Waals surface area contributed by atoms with Gasteiger partial charge in [-0.2, -0.15) is 0 Å². The number of carbonyl (C=O) groups is 1. The van der Waals surface area contributed by atoms with Gasteiger partial charge >= 0.3 is 0 Å². The highest BCUT2D eigenvalue weighted by Crippen LogP contribution is 2.36. The zero-order valence-corrected chi connectivity index (χ0v) is 14.8. The van der Waals surface area contributed by atoms with Crippen molar-refractivity contribution in [2.24, 2.45) is 0 Å². The van der Waals surface area contributed by atoms with Crippen LogP contribution in [0.1, 0.15) is 22.1 Å². The predicted octanol–water partition coefficient (Wildman–Crippen LogP) is 4.35. The van der Waals surface area contributed by atoms with Crippen LogP contribution in [0.3, 0.4) is 0 Å². The highest BCUT2D eigenvalue weighted by atomic mass is 35.5. The lowest BCUT2D eigenvalue weighted by Gasteiger charge is -2.41. The SMILES string of the molecule is CN1C(=O)c2ccccc2N(C)[C@@H]1c1ccn(-c2ccc(Cl)cc2)c1. The second-order valence-electron chi connectivity index (χ2n) is 6.25. The van der Waals surface area contributed by atoms with Crippen LogP contribution >= 0.6 is 11.6 Å². The van der Waals surface area contributed by atoms with Crippen LogP contribution in [-0.4, -0.2) is 29.5 Å². The molecule has 0 fully saturated rings. The molecule has 0 bridgehead atoms. The number of amides is 1. The van der Waals surface area contributed by atoms with Crippen molar-refractivity contribution >= 4 is 23.2 Å². The summed E-state index contributed by atoms with van der Waals surface area (Å²) in [5, 5.41) is 0.713. The summed E-state index contributed by atoms with van der Waals surface area (Å²) in [6.45, 7) is 0. The summed E-state index contributed by atoms with van der Waals surface area (Å²) in [6, 6.07) is 17.5. The van der Waals surface area contributed by atoms with Crippen molar-refractivity contribution in [3.8, 4) is 5.69 Å². The molecule has 4 nitrogen and oxygen atoms in total. The van der Waals surface area contributed by atoms with Crippen molar-refractivity contribution in [1.82, 2.24) is 9.47 Å². The lowest BCUT2D eigenvalue weighted by Crippen LogP contribution is -2.45. The van der Waals surface area contributed by atoms with Crippen LogP contribution in [0.2, 0.25) is 5.02 Å². The Morgan fingerprint density at radius 1 is 0.920 bits per heavy atom. The minimum absolute atomic E-state index is 0.0398. The topological polar surface area (TPSA) is 28.5 Å². The molecule has 1 atom stereocenters. The first kappa shape index (κ1) is 15.8. The largest absolute Gasteiger partial charge is 0.350 e. The van der Waals surface area contributed by atoms with E-state index in [0.717, 1.165) is 22.5 Å². The molecule has 0 unspecified atom stereocenters. The molecule has 0 saturated heterocycles. The molecule has 0 aliphatic carbocycles. The van der Waals surface area contributed by atoms with Crippen molar-refractivity contribution < 1.29 is 4.79 Å². The molecule has 2 aromatic carbocycles. The molecule has 1 aromatic heterocycles. The highest BCUT2D eigenvalue weighted by Gasteiger charge is 2.34. The number of carbonyl (C=O) groups excluding carboxylic acids is 1. The summed E-state index contributed by atoms with van der Waals surface area (Å²) >= 11 is 5.97. The molecular weight excluding hydrogens is 334 g/mol. The predicted molar refractivity (Wildman–Crippen MR) is 100 cm³/mol. The molecule has 2 heterocycles. The van der Waals surface area contributed by atoms with Gasteiger partial charge in [-0.25, -0.2) is 0 Å². The third-order valence-corrected chi connectivity index (χ3v) is 4.96. The number of benzene rings is 2. The van der Waals surface area contributed by atoms with Gasteiger partial charge in [0.05, 0.1) is 11.3 Å². The van der Waals surface area contributed by atoms with Crippen LogP contribution in [0.15, 0.2) is 67.0 Å². The van der Waals surface area contributed by atoms with Gasteiger partial charge in [0, 0.05) is 42.8 Å². The van der Waals surface area contributed by atoms with Crippen LogP contribution in [0.25, 0.3) is 5.69 Å². The van der Waals surface area contributed by atoms with E-state index in [9.17, 15) is 4.79 Å². The molecule has 0 radical (unpaired) electrons. The second-order valence-corrected chi connectivity index (χ2v) is 6.68. The summed E-state index contributed by atoms with van der Waals surface area (Å²) in [5.74, 6) is 0.0398. The fraction of sp³-hybridized carbons (Fsp3) is 0.150. The van der Waals surface area contributed by atoms with E-state index in [0.29, 0.717) is 5.02 Å². The first-order valence-electron chi connectivity index (χ1n) is 8.09. The fourth-order valence-electron chi connectivity index (χ4n) is 3.44. The van der Waals surface area contributed by atoms with E-state index >= 15 is 0 Å². The standard InChI is InChI=1S/C20H18ClN3O/c1-22-18-6-4-3-5-17(18)20(25)23(2)19(22)14-11-12-24(13-14)16-9-7-15(21)8-10-16/h3-13,19H,1-2H3/t19-/m0/s1. The Morgan fingerprint density at radius 3 is 2.40 bits per heavy atom. The van der Waals surface area contributed by atoms with E-state index in [1.807, 2.05) is 79.5 Å². The Balaban J connectivity index is 1.73. The summed E-state index contributed by atoms with van der Waals surface area (Å²) in [4.78, 5) is 16.7. The summed E-state index contributed by atoms with van der Waals surface area (Å²) in [7, 11) is 3.87. The smallest absolute Gasteiger partial charge is 0.257 e. The number of anilines is 1. The summed E-state index contributed by atoms with van der Waals surface area (Å²) in [5.41, 5.74) is 3.78. The van der Waals surface area contributed by atoms with Gasteiger partial charge in [0.15, 0.2) is 0 Å². The third kappa shape index (κ3) is 2.59. The first-order valence-corrected chi connectivity index (χ1v) is 8.47. The van der Waals surface area contributed by atoms with Crippen LogP contribution < -0.4 is 4.90 Å². The van der Waals surface area contributed by atoms with Crippen molar-refractivity contribution in [3.63, 3.8) is 0 Å². The van der Waals surface area contributed by atoms with Gasteiger partial charge in [0.25, 0.3) is 5.91 Å². The molecule has 1 aliphatic rings. The minimum atomic E-state index is -0.143. The first-order chi connectivity index (χ1) is 12.1. The molecule has 0 N–H and O–H groups in total. The van der Waals surface area contributed by atoms with Gasteiger partial charge in [0.2, 0.25) is 0 Å². The molecule has 3 aromatic rings. The third-order valence-electron chi connectivity index (χ3n) is 4.71. The summed E-state index contributed by atoms with van der Waals surface area (Å²) in [6.07, 6.45) is 3.92. The van der Waals surface area contributed by atoms with Gasteiger partial charge < -0.3 is 14.4 Å². The van der Waals surface area contributed by atoms with Crippen LogP contribution in [0.5, 0.6) is 0 Å². The Kier molecular flexibility index (Phi) is 3.77. The molecule has 4 rings (SSSR count). The number of halogens is 1. The van der Waals surface area contributed by atoms with Crippen LogP contribution in [0, 0.1) is 0 Å². The fourth-order valence-corrected chi connectivity index (χ4v) is 3.57. The van der Waals surface area contributed by atoms with E-state index in [2.05, 4.69) is 11.1 Å². The lowest BCUT2D eigenvalue weighted by atomic mass is 10.0. The Hall–Kier alpha value is -2.72. The second kappa shape index (κ2) is 5.97. The van der Waals surface area contributed by atoms with Crippen molar-refractivity contribution in [2.75, 3.05) is 19.0 Å². The molecule has 25 heavy (non-hydrogen) atoms. The molecule has 1 aliphatic heterocycles. The number of hydrogen-bond acceptors (Lipinski definition) is 2. The van der Waals surface area contributed by atoms with E-state index in [1.165, 1.54) is 0 Å². The van der Waals surface area contributed by atoms with Gasteiger partial charge in [-0.05, 0) is 42.5 Å².